The van der Waals surface area contributed by atoms with Crippen LogP contribution in [0.4, 0.5) is 0 Å². The Bertz CT molecular complexity index is 497. The van der Waals surface area contributed by atoms with E-state index in [9.17, 15) is 4.79 Å². The second-order valence-corrected chi connectivity index (χ2v) is 5.82. The average molecular weight is 312 g/mol. The molecule has 124 valence electrons. The maximum atomic E-state index is 10.4. The SMILES string of the molecule is CCCCCCC(C)C(=O)O.c1ccc(-c2ccccc2)cc1. The summed E-state index contributed by atoms with van der Waals surface area (Å²) >= 11 is 0. The van der Waals surface area contributed by atoms with Crippen LogP contribution in [0.15, 0.2) is 60.7 Å². The Kier molecular flexibility index (Phi) is 9.46. The van der Waals surface area contributed by atoms with E-state index in [1.807, 2.05) is 12.1 Å². The van der Waals surface area contributed by atoms with Gasteiger partial charge in [-0.15, -0.1) is 0 Å². The molecule has 0 fully saturated rings. The molecule has 2 heteroatoms. The molecular weight excluding hydrogens is 284 g/mol. The van der Waals surface area contributed by atoms with Crippen molar-refractivity contribution in [1.82, 2.24) is 0 Å². The molecular formula is C21H28O2. The summed E-state index contributed by atoms with van der Waals surface area (Å²) in [5, 5.41) is 8.54. The Labute approximate surface area is 140 Å². The van der Waals surface area contributed by atoms with Gasteiger partial charge in [0.15, 0.2) is 0 Å². The second-order valence-electron chi connectivity index (χ2n) is 5.82. The van der Waals surface area contributed by atoms with Crippen molar-refractivity contribution in [1.29, 1.82) is 0 Å². The van der Waals surface area contributed by atoms with Gasteiger partial charge in [0.25, 0.3) is 0 Å². The lowest BCUT2D eigenvalue weighted by atomic mass is 10.0. The zero-order valence-corrected chi connectivity index (χ0v) is 14.2. The van der Waals surface area contributed by atoms with E-state index >= 15 is 0 Å². The van der Waals surface area contributed by atoms with Crippen LogP contribution in [-0.4, -0.2) is 11.1 Å². The quantitative estimate of drug-likeness (QED) is 0.634. The molecule has 2 nitrogen and oxygen atoms in total. The Balaban J connectivity index is 0.000000232. The van der Waals surface area contributed by atoms with Crippen molar-refractivity contribution in [3.8, 4) is 11.1 Å². The summed E-state index contributed by atoms with van der Waals surface area (Å²) in [6.45, 7) is 3.93. The van der Waals surface area contributed by atoms with Gasteiger partial charge in [0.1, 0.15) is 0 Å². The molecule has 1 atom stereocenters. The number of hydrogen-bond donors (Lipinski definition) is 1. The van der Waals surface area contributed by atoms with E-state index in [1.165, 1.54) is 30.4 Å². The summed E-state index contributed by atoms with van der Waals surface area (Å²) in [4.78, 5) is 10.4. The normalized spacial score (nSPS) is 11.2. The molecule has 0 aliphatic carbocycles. The van der Waals surface area contributed by atoms with Crippen LogP contribution in [0.3, 0.4) is 0 Å². The van der Waals surface area contributed by atoms with Crippen LogP contribution in [-0.2, 0) is 4.79 Å². The van der Waals surface area contributed by atoms with Crippen molar-refractivity contribution in [3.63, 3.8) is 0 Å². The van der Waals surface area contributed by atoms with Crippen LogP contribution >= 0.6 is 0 Å². The van der Waals surface area contributed by atoms with Crippen molar-refractivity contribution < 1.29 is 9.90 Å². The van der Waals surface area contributed by atoms with Gasteiger partial charge in [-0.05, 0) is 17.5 Å². The first-order chi connectivity index (χ1) is 11.1. The first kappa shape index (κ1) is 19.0. The van der Waals surface area contributed by atoms with Gasteiger partial charge < -0.3 is 5.11 Å². The molecule has 1 N–H and O–H groups in total. The molecule has 0 spiro atoms. The topological polar surface area (TPSA) is 37.3 Å². The standard InChI is InChI=1S/C12H10.C9H18O2/c1-3-7-11(8-4-1)12-9-5-2-6-10-12;1-3-4-5-6-7-8(2)9(10)11/h1-10H;8H,3-7H2,1-2H3,(H,10,11). The third kappa shape index (κ3) is 8.20. The molecule has 0 aliphatic rings. The van der Waals surface area contributed by atoms with Crippen molar-refractivity contribution in [3.05, 3.63) is 60.7 Å². The monoisotopic (exact) mass is 312 g/mol. The minimum absolute atomic E-state index is 0.160. The largest absolute Gasteiger partial charge is 0.481 e. The molecule has 0 amide bonds. The van der Waals surface area contributed by atoms with Crippen molar-refractivity contribution >= 4 is 5.97 Å². The van der Waals surface area contributed by atoms with E-state index in [-0.39, 0.29) is 5.92 Å². The van der Waals surface area contributed by atoms with E-state index in [1.54, 1.807) is 6.92 Å². The minimum Gasteiger partial charge on any atom is -0.481 e. The van der Waals surface area contributed by atoms with Crippen LogP contribution in [0.5, 0.6) is 0 Å². The van der Waals surface area contributed by atoms with Crippen LogP contribution in [0.1, 0.15) is 46.0 Å². The van der Waals surface area contributed by atoms with Gasteiger partial charge in [-0.3, -0.25) is 4.79 Å². The second kappa shape index (κ2) is 11.5. The maximum absolute atomic E-state index is 10.4. The van der Waals surface area contributed by atoms with Gasteiger partial charge in [0.2, 0.25) is 0 Å². The van der Waals surface area contributed by atoms with Crippen LogP contribution < -0.4 is 0 Å². The highest BCUT2D eigenvalue weighted by molar-refractivity contribution is 5.69. The zero-order valence-electron chi connectivity index (χ0n) is 14.2. The fourth-order valence-corrected chi connectivity index (χ4v) is 2.26. The molecule has 2 aromatic carbocycles. The average Bonchev–Trinajstić information content (AvgIpc) is 2.60. The summed E-state index contributed by atoms with van der Waals surface area (Å²) in [6.07, 6.45) is 5.50. The lowest BCUT2D eigenvalue weighted by Gasteiger charge is -2.04. The lowest BCUT2D eigenvalue weighted by molar-refractivity contribution is -0.141. The number of hydrogen-bond acceptors (Lipinski definition) is 1. The highest BCUT2D eigenvalue weighted by Crippen LogP contribution is 2.17. The predicted octanol–water partition coefficient (Wildman–Crippen LogP) is 6.03. The number of carbonyl (C=O) groups is 1. The maximum Gasteiger partial charge on any atom is 0.306 e. The predicted molar refractivity (Wildman–Crippen MR) is 97.4 cm³/mol. The number of aliphatic carboxylic acids is 1. The summed E-state index contributed by atoms with van der Waals surface area (Å²) in [5.41, 5.74) is 2.55. The van der Waals surface area contributed by atoms with E-state index in [0.29, 0.717) is 0 Å². The smallest absolute Gasteiger partial charge is 0.306 e. The van der Waals surface area contributed by atoms with Crippen LogP contribution in [0.25, 0.3) is 11.1 Å². The third-order valence-electron chi connectivity index (χ3n) is 3.79. The summed E-state index contributed by atoms with van der Waals surface area (Å²) in [5.74, 6) is -0.826. The van der Waals surface area contributed by atoms with Gasteiger partial charge in [0.05, 0.1) is 5.92 Å². The Morgan fingerprint density at radius 2 is 1.35 bits per heavy atom. The first-order valence-corrected chi connectivity index (χ1v) is 8.48. The molecule has 1 unspecified atom stereocenters. The molecule has 0 radical (unpaired) electrons. The molecule has 0 bridgehead atoms. The molecule has 2 rings (SSSR count). The van der Waals surface area contributed by atoms with Gasteiger partial charge in [-0.25, -0.2) is 0 Å². The van der Waals surface area contributed by atoms with Gasteiger partial charge in [-0.2, -0.15) is 0 Å². The van der Waals surface area contributed by atoms with Crippen molar-refractivity contribution in [2.24, 2.45) is 5.92 Å². The first-order valence-electron chi connectivity index (χ1n) is 8.48. The highest BCUT2D eigenvalue weighted by Gasteiger charge is 2.08. The molecule has 0 heterocycles. The van der Waals surface area contributed by atoms with Crippen LogP contribution in [0, 0.1) is 5.92 Å². The Morgan fingerprint density at radius 3 is 1.74 bits per heavy atom. The summed E-state index contributed by atoms with van der Waals surface area (Å²) < 4.78 is 0. The number of benzene rings is 2. The number of carboxylic acids is 1. The van der Waals surface area contributed by atoms with E-state index in [2.05, 4.69) is 55.5 Å². The third-order valence-corrected chi connectivity index (χ3v) is 3.79. The molecule has 0 saturated heterocycles. The minimum atomic E-state index is -0.665. The molecule has 0 saturated carbocycles. The number of rotatable bonds is 7. The molecule has 23 heavy (non-hydrogen) atoms. The van der Waals surface area contributed by atoms with E-state index in [4.69, 9.17) is 5.11 Å². The summed E-state index contributed by atoms with van der Waals surface area (Å²) in [6, 6.07) is 20.8. The van der Waals surface area contributed by atoms with Gasteiger partial charge >= 0.3 is 5.97 Å². The number of carboxylic acid groups (broad SMARTS) is 1. The van der Waals surface area contributed by atoms with Crippen molar-refractivity contribution in [2.45, 2.75) is 46.0 Å². The molecule has 0 aliphatic heterocycles. The zero-order chi connectivity index (χ0) is 16.9. The highest BCUT2D eigenvalue weighted by atomic mass is 16.4. The van der Waals surface area contributed by atoms with Gasteiger partial charge in [-0.1, -0.05) is 100 Å². The fourth-order valence-electron chi connectivity index (χ4n) is 2.26. The summed E-state index contributed by atoms with van der Waals surface area (Å²) in [7, 11) is 0. The van der Waals surface area contributed by atoms with E-state index < -0.39 is 5.97 Å². The van der Waals surface area contributed by atoms with Crippen LogP contribution in [0.2, 0.25) is 0 Å². The van der Waals surface area contributed by atoms with Gasteiger partial charge in [0, 0.05) is 0 Å². The fraction of sp³-hybridized carbons (Fsp3) is 0.381. The molecule has 0 aromatic heterocycles. The van der Waals surface area contributed by atoms with E-state index in [0.717, 1.165) is 12.8 Å². The Hall–Kier alpha value is -2.09. The molecule has 2 aromatic rings. The lowest BCUT2D eigenvalue weighted by Crippen LogP contribution is -2.08. The van der Waals surface area contributed by atoms with Crippen molar-refractivity contribution in [2.75, 3.05) is 0 Å². The number of unbranched alkanes of at least 4 members (excludes halogenated alkanes) is 3. The Morgan fingerprint density at radius 1 is 0.870 bits per heavy atom.